The highest BCUT2D eigenvalue weighted by Gasteiger charge is 2.19. The first kappa shape index (κ1) is 20.8. The van der Waals surface area contributed by atoms with Crippen molar-refractivity contribution in [1.82, 2.24) is 9.88 Å². The van der Waals surface area contributed by atoms with E-state index in [-0.39, 0.29) is 5.69 Å². The number of methoxy groups -OCH3 is 1. The van der Waals surface area contributed by atoms with Crippen LogP contribution in [0.15, 0.2) is 59.0 Å². The lowest BCUT2D eigenvalue weighted by Crippen LogP contribution is -2.28. The molecule has 0 radical (unpaired) electrons. The highest BCUT2D eigenvalue weighted by molar-refractivity contribution is 5.98. The molecule has 2 aromatic heterocycles. The summed E-state index contributed by atoms with van der Waals surface area (Å²) in [6.45, 7) is 5.21. The summed E-state index contributed by atoms with van der Waals surface area (Å²) in [5.41, 5.74) is 3.82. The highest BCUT2D eigenvalue weighted by atomic mass is 16.5. The molecule has 0 saturated heterocycles. The van der Waals surface area contributed by atoms with Crippen LogP contribution in [0.25, 0.3) is 10.9 Å². The van der Waals surface area contributed by atoms with E-state index in [1.54, 1.807) is 7.11 Å². The molecule has 0 aliphatic rings. The van der Waals surface area contributed by atoms with Crippen LogP contribution in [-0.2, 0) is 19.6 Å². The molecule has 1 N–H and O–H groups in total. The number of rotatable bonds is 8. The number of hydrogen-bond donors (Lipinski definition) is 1. The van der Waals surface area contributed by atoms with Gasteiger partial charge in [-0.3, -0.25) is 0 Å². The van der Waals surface area contributed by atoms with Gasteiger partial charge in [-0.1, -0.05) is 24.3 Å². The summed E-state index contributed by atoms with van der Waals surface area (Å²) >= 11 is 0. The van der Waals surface area contributed by atoms with Gasteiger partial charge in [0.2, 0.25) is 0 Å². The number of benzene rings is 2. The predicted octanol–water partition coefficient (Wildman–Crippen LogP) is 3.56. The smallest absolute Gasteiger partial charge is 0.120 e. The summed E-state index contributed by atoms with van der Waals surface area (Å²) in [4.78, 5) is 12.3. The Labute approximate surface area is 181 Å². The van der Waals surface area contributed by atoms with E-state index in [0.717, 1.165) is 33.6 Å². The van der Waals surface area contributed by atoms with Gasteiger partial charge in [0, 0.05) is 30.1 Å². The van der Waals surface area contributed by atoms with Gasteiger partial charge in [0.15, 0.2) is 0 Å². The third-order valence-corrected chi connectivity index (χ3v) is 5.56. The van der Waals surface area contributed by atoms with Gasteiger partial charge < -0.3 is 28.9 Å². The molecule has 4 rings (SSSR count). The number of ether oxygens (including phenoxy) is 1. The van der Waals surface area contributed by atoms with Crippen LogP contribution in [0.4, 0.5) is 0 Å². The normalized spacial score (nSPS) is 11.2. The number of aromatic carboxylic acids is 1. The number of aryl methyl sites for hydroxylation is 2. The standard InChI is InChI=1S/C25H26N2O4/c1-16-6-4-5-7-18(16)15-27-23-12-19(30-3)10-11-21(23)22(24(27)25(28)29)14-26-13-20-9-8-17(2)31-20/h4-12,26H,13-15H2,1-3H3,(H,28,29)/p-1. The van der Waals surface area contributed by atoms with Crippen LogP contribution in [0.1, 0.15) is 38.7 Å². The second-order valence-corrected chi connectivity index (χ2v) is 7.63. The van der Waals surface area contributed by atoms with Crippen LogP contribution in [0, 0.1) is 13.8 Å². The molecule has 0 aliphatic carbocycles. The molecule has 0 aliphatic heterocycles. The Hall–Kier alpha value is -3.51. The molecule has 0 fully saturated rings. The number of carbonyl (C=O) groups excluding carboxylic acids is 1. The summed E-state index contributed by atoms with van der Waals surface area (Å²) in [6, 6.07) is 17.4. The van der Waals surface area contributed by atoms with E-state index >= 15 is 0 Å². The Morgan fingerprint density at radius 2 is 1.90 bits per heavy atom. The fourth-order valence-corrected chi connectivity index (χ4v) is 3.95. The first-order chi connectivity index (χ1) is 15.0. The zero-order valence-electron chi connectivity index (χ0n) is 17.9. The van der Waals surface area contributed by atoms with Crippen molar-refractivity contribution in [1.29, 1.82) is 0 Å². The van der Waals surface area contributed by atoms with E-state index in [1.165, 1.54) is 0 Å². The molecule has 2 aromatic carbocycles. The largest absolute Gasteiger partial charge is 0.543 e. The van der Waals surface area contributed by atoms with Gasteiger partial charge in [0.25, 0.3) is 0 Å². The first-order valence-corrected chi connectivity index (χ1v) is 10.2. The monoisotopic (exact) mass is 417 g/mol. The zero-order valence-corrected chi connectivity index (χ0v) is 17.9. The lowest BCUT2D eigenvalue weighted by atomic mass is 10.1. The van der Waals surface area contributed by atoms with Gasteiger partial charge in [-0.05, 0) is 49.2 Å². The number of aromatic nitrogens is 1. The van der Waals surface area contributed by atoms with Crippen molar-refractivity contribution in [3.05, 3.63) is 88.5 Å². The van der Waals surface area contributed by atoms with E-state index in [2.05, 4.69) is 5.32 Å². The molecule has 31 heavy (non-hydrogen) atoms. The van der Waals surface area contributed by atoms with Gasteiger partial charge >= 0.3 is 0 Å². The van der Waals surface area contributed by atoms with Crippen molar-refractivity contribution < 1.29 is 19.1 Å². The molecule has 0 bridgehead atoms. The number of nitrogens with zero attached hydrogens (tertiary/aromatic N) is 1. The lowest BCUT2D eigenvalue weighted by Gasteiger charge is -2.15. The van der Waals surface area contributed by atoms with Crippen LogP contribution in [0.3, 0.4) is 0 Å². The van der Waals surface area contributed by atoms with Gasteiger partial charge in [-0.25, -0.2) is 0 Å². The quantitative estimate of drug-likeness (QED) is 0.474. The van der Waals surface area contributed by atoms with Crippen molar-refractivity contribution in [3.8, 4) is 5.75 Å². The number of fused-ring (bicyclic) bond motifs is 1. The fraction of sp³-hybridized carbons (Fsp3) is 0.240. The second-order valence-electron chi connectivity index (χ2n) is 7.63. The van der Waals surface area contributed by atoms with E-state index in [4.69, 9.17) is 9.15 Å². The number of hydrogen-bond acceptors (Lipinski definition) is 5. The molecule has 160 valence electrons. The molecular weight excluding hydrogens is 392 g/mol. The Kier molecular flexibility index (Phi) is 5.82. The molecule has 0 amide bonds. The molecule has 0 saturated carbocycles. The Balaban J connectivity index is 1.77. The fourth-order valence-electron chi connectivity index (χ4n) is 3.95. The van der Waals surface area contributed by atoms with Crippen molar-refractivity contribution in [2.45, 2.75) is 33.5 Å². The van der Waals surface area contributed by atoms with Crippen LogP contribution >= 0.6 is 0 Å². The second kappa shape index (κ2) is 8.70. The number of carbonyl (C=O) groups is 1. The maximum Gasteiger partial charge on any atom is 0.120 e. The van der Waals surface area contributed by atoms with Crippen LogP contribution < -0.4 is 15.2 Å². The third kappa shape index (κ3) is 4.20. The Morgan fingerprint density at radius 3 is 2.58 bits per heavy atom. The minimum absolute atomic E-state index is 0.176. The zero-order chi connectivity index (χ0) is 22.0. The summed E-state index contributed by atoms with van der Waals surface area (Å²) in [7, 11) is 1.60. The minimum atomic E-state index is -1.20. The summed E-state index contributed by atoms with van der Waals surface area (Å²) in [6.07, 6.45) is 0. The van der Waals surface area contributed by atoms with Crippen LogP contribution in [0.5, 0.6) is 5.75 Å². The maximum atomic E-state index is 12.3. The molecule has 0 unspecified atom stereocenters. The average Bonchev–Trinajstić information content (AvgIpc) is 3.30. The summed E-state index contributed by atoms with van der Waals surface area (Å²) in [5, 5.41) is 16.4. The number of furan rings is 1. The molecular formula is C25H25N2O4-. The van der Waals surface area contributed by atoms with E-state index in [0.29, 0.717) is 30.9 Å². The topological polar surface area (TPSA) is 79.5 Å². The van der Waals surface area contributed by atoms with E-state index in [9.17, 15) is 9.90 Å². The number of nitrogens with one attached hydrogen (secondary N) is 1. The lowest BCUT2D eigenvalue weighted by molar-refractivity contribution is -0.255. The van der Waals surface area contributed by atoms with Crippen molar-refractivity contribution in [2.75, 3.05) is 7.11 Å². The van der Waals surface area contributed by atoms with Crippen molar-refractivity contribution >= 4 is 16.9 Å². The SMILES string of the molecule is COc1ccc2c(CNCc3ccc(C)o3)c(C(=O)[O-])n(Cc3ccccc3C)c2c1. The first-order valence-electron chi connectivity index (χ1n) is 10.2. The van der Waals surface area contributed by atoms with Gasteiger partial charge in [0.05, 0.1) is 30.8 Å². The van der Waals surface area contributed by atoms with Crippen molar-refractivity contribution in [2.24, 2.45) is 0 Å². The molecule has 6 heteroatoms. The molecule has 2 heterocycles. The molecule has 0 atom stereocenters. The van der Waals surface area contributed by atoms with Gasteiger partial charge in [-0.2, -0.15) is 0 Å². The summed E-state index contributed by atoms with van der Waals surface area (Å²) in [5.74, 6) is 1.12. The molecule has 4 aromatic rings. The van der Waals surface area contributed by atoms with Crippen LogP contribution in [0.2, 0.25) is 0 Å². The summed E-state index contributed by atoms with van der Waals surface area (Å²) < 4.78 is 12.8. The third-order valence-electron chi connectivity index (χ3n) is 5.56. The van der Waals surface area contributed by atoms with Gasteiger partial charge in [-0.15, -0.1) is 0 Å². The minimum Gasteiger partial charge on any atom is -0.543 e. The maximum absolute atomic E-state index is 12.3. The van der Waals surface area contributed by atoms with Crippen LogP contribution in [-0.4, -0.2) is 17.6 Å². The highest BCUT2D eigenvalue weighted by Crippen LogP contribution is 2.31. The predicted molar refractivity (Wildman–Crippen MR) is 117 cm³/mol. The van der Waals surface area contributed by atoms with E-state index < -0.39 is 5.97 Å². The number of carboxylic acids is 1. The Morgan fingerprint density at radius 1 is 1.10 bits per heavy atom. The van der Waals surface area contributed by atoms with Gasteiger partial charge in [0.1, 0.15) is 17.3 Å². The molecule has 0 spiro atoms. The van der Waals surface area contributed by atoms with Crippen molar-refractivity contribution in [3.63, 3.8) is 0 Å². The number of carboxylic acid groups (broad SMARTS) is 1. The molecule has 6 nitrogen and oxygen atoms in total. The average molecular weight is 417 g/mol. The van der Waals surface area contributed by atoms with E-state index in [1.807, 2.05) is 73.0 Å². The Bertz CT molecular complexity index is 1240.